The number of rotatable bonds is 4. The third-order valence-corrected chi connectivity index (χ3v) is 3.19. The van der Waals surface area contributed by atoms with Crippen LogP contribution >= 0.6 is 0 Å². The lowest BCUT2D eigenvalue weighted by atomic mass is 10.0. The molecule has 3 nitrogen and oxygen atoms in total. The number of hydrogen-bond donors (Lipinski definition) is 0. The van der Waals surface area contributed by atoms with Gasteiger partial charge in [0.15, 0.2) is 5.78 Å². The van der Waals surface area contributed by atoms with Gasteiger partial charge in [-0.3, -0.25) is 4.79 Å². The smallest absolute Gasteiger partial charge is 0.161 e. The van der Waals surface area contributed by atoms with E-state index in [-0.39, 0.29) is 5.78 Å². The molecule has 0 bridgehead atoms. The molecule has 0 amide bonds. The Morgan fingerprint density at radius 3 is 3.05 bits per heavy atom. The van der Waals surface area contributed by atoms with Crippen molar-refractivity contribution in [3.8, 4) is 5.75 Å². The number of ether oxygens (including phenoxy) is 1. The van der Waals surface area contributed by atoms with Crippen molar-refractivity contribution in [3.05, 3.63) is 35.4 Å². The highest BCUT2D eigenvalue weighted by Gasteiger charge is 2.18. The highest BCUT2D eigenvalue weighted by Crippen LogP contribution is 2.19. The van der Waals surface area contributed by atoms with Crippen molar-refractivity contribution in [1.29, 1.82) is 0 Å². The Kier molecular flexibility index (Phi) is 4.74. The summed E-state index contributed by atoms with van der Waals surface area (Å²) >= 11 is 0. The number of likely N-dealkylation sites (N-methyl/N-ethyl adjacent to an activating group) is 1. The number of likely N-dealkylation sites (tertiary alicyclic amines) is 1. The molecule has 2 rings (SSSR count). The lowest BCUT2D eigenvalue weighted by molar-refractivity contribution is -0.117. The van der Waals surface area contributed by atoms with Crippen LogP contribution in [0.3, 0.4) is 0 Å². The van der Waals surface area contributed by atoms with Crippen molar-refractivity contribution >= 4 is 11.9 Å². The summed E-state index contributed by atoms with van der Waals surface area (Å²) in [4.78, 5) is 14.0. The van der Waals surface area contributed by atoms with Gasteiger partial charge in [-0.15, -0.1) is 0 Å². The molecule has 19 heavy (non-hydrogen) atoms. The minimum atomic E-state index is 0.262. The number of piperidine rings is 1. The Morgan fingerprint density at radius 1 is 1.42 bits per heavy atom. The van der Waals surface area contributed by atoms with Crippen LogP contribution in [0.2, 0.25) is 0 Å². The lowest BCUT2D eigenvalue weighted by Gasteiger charge is -2.23. The van der Waals surface area contributed by atoms with E-state index in [0.29, 0.717) is 6.42 Å². The fourth-order valence-electron chi connectivity index (χ4n) is 2.15. The third-order valence-electron chi connectivity index (χ3n) is 3.19. The van der Waals surface area contributed by atoms with Gasteiger partial charge in [0.25, 0.3) is 0 Å². The Hall–Kier alpha value is -1.61. The van der Waals surface area contributed by atoms with E-state index in [1.165, 1.54) is 0 Å². The number of hydrogen-bond acceptors (Lipinski definition) is 3. The van der Waals surface area contributed by atoms with Crippen molar-refractivity contribution < 1.29 is 9.53 Å². The van der Waals surface area contributed by atoms with Crippen LogP contribution in [0.5, 0.6) is 5.75 Å². The molecule has 1 fully saturated rings. The maximum absolute atomic E-state index is 11.9. The van der Waals surface area contributed by atoms with Gasteiger partial charge >= 0.3 is 0 Å². The summed E-state index contributed by atoms with van der Waals surface area (Å²) in [7, 11) is 2.04. The van der Waals surface area contributed by atoms with Crippen molar-refractivity contribution in [3.63, 3.8) is 0 Å². The average molecular weight is 259 g/mol. The van der Waals surface area contributed by atoms with E-state index in [4.69, 9.17) is 4.74 Å². The van der Waals surface area contributed by atoms with E-state index < -0.39 is 0 Å². The number of Topliss-reactive ketones (excluding diaryl/α,β-unsaturated/α-hetero) is 1. The minimum absolute atomic E-state index is 0.262. The highest BCUT2D eigenvalue weighted by atomic mass is 16.5. The van der Waals surface area contributed by atoms with Gasteiger partial charge in [-0.05, 0) is 37.2 Å². The summed E-state index contributed by atoms with van der Waals surface area (Å²) in [6.45, 7) is 4.40. The zero-order chi connectivity index (χ0) is 13.7. The predicted molar refractivity (Wildman–Crippen MR) is 77.3 cm³/mol. The molecule has 0 aromatic heterocycles. The Bertz CT molecular complexity index is 479. The minimum Gasteiger partial charge on any atom is -0.494 e. The molecule has 0 atom stereocenters. The van der Waals surface area contributed by atoms with Crippen LogP contribution in [0.4, 0.5) is 0 Å². The first-order valence-electron chi connectivity index (χ1n) is 6.84. The Balaban J connectivity index is 2.14. The van der Waals surface area contributed by atoms with Crippen LogP contribution in [-0.4, -0.2) is 37.4 Å². The summed E-state index contributed by atoms with van der Waals surface area (Å²) in [5.41, 5.74) is 1.92. The van der Waals surface area contributed by atoms with Crippen molar-refractivity contribution in [2.45, 2.75) is 19.8 Å². The van der Waals surface area contributed by atoms with E-state index in [9.17, 15) is 4.79 Å². The summed E-state index contributed by atoms with van der Waals surface area (Å²) in [5.74, 6) is 1.13. The molecule has 1 aromatic rings. The lowest BCUT2D eigenvalue weighted by Crippen LogP contribution is -2.32. The van der Waals surface area contributed by atoms with E-state index in [2.05, 4.69) is 11.8 Å². The van der Waals surface area contributed by atoms with Crippen LogP contribution in [-0.2, 0) is 4.79 Å². The number of nitrogens with zero attached hydrogens (tertiary/aromatic N) is 1. The van der Waals surface area contributed by atoms with Crippen LogP contribution < -0.4 is 4.74 Å². The normalized spacial score (nSPS) is 18.8. The van der Waals surface area contributed by atoms with Gasteiger partial charge < -0.3 is 9.64 Å². The molecule has 0 aliphatic carbocycles. The van der Waals surface area contributed by atoms with Crippen molar-refractivity contribution in [2.75, 3.05) is 26.7 Å². The Morgan fingerprint density at radius 2 is 2.26 bits per heavy atom. The van der Waals surface area contributed by atoms with Gasteiger partial charge in [-0.25, -0.2) is 0 Å². The second-order valence-electron chi connectivity index (χ2n) is 5.00. The summed E-state index contributed by atoms with van der Waals surface area (Å²) < 4.78 is 5.61. The molecule has 3 heteroatoms. The molecule has 1 aliphatic heterocycles. The molecule has 1 aliphatic rings. The first-order valence-corrected chi connectivity index (χ1v) is 6.84. The van der Waals surface area contributed by atoms with E-state index in [0.717, 1.165) is 43.0 Å². The first-order chi connectivity index (χ1) is 9.19. The zero-order valence-electron chi connectivity index (χ0n) is 11.7. The van der Waals surface area contributed by atoms with E-state index in [1.807, 2.05) is 37.4 Å². The maximum atomic E-state index is 11.9. The molecule has 0 N–H and O–H groups in total. The van der Waals surface area contributed by atoms with Gasteiger partial charge in [-0.2, -0.15) is 0 Å². The summed E-state index contributed by atoms with van der Waals surface area (Å²) in [6.07, 6.45) is 3.60. The van der Waals surface area contributed by atoms with Gasteiger partial charge in [0.05, 0.1) is 6.61 Å². The molecular weight excluding hydrogens is 238 g/mol. The predicted octanol–water partition coefficient (Wildman–Crippen LogP) is 2.76. The fraction of sp³-hybridized carbons (Fsp3) is 0.438. The second kappa shape index (κ2) is 6.53. The first kappa shape index (κ1) is 13.8. The molecule has 0 saturated carbocycles. The van der Waals surface area contributed by atoms with Gasteiger partial charge in [0.1, 0.15) is 5.75 Å². The molecule has 102 valence electrons. The van der Waals surface area contributed by atoms with Crippen LogP contribution in [0.1, 0.15) is 25.3 Å². The largest absolute Gasteiger partial charge is 0.494 e. The summed E-state index contributed by atoms with van der Waals surface area (Å²) in [6, 6.07) is 7.92. The third kappa shape index (κ3) is 3.93. The standard InChI is InChI=1S/C16H21NO2/c1-3-9-19-15-6-4-5-13(11-15)10-14-12-17(2)8-7-16(14)18/h4-6,10-11H,3,7-9,12H2,1-2H3/b14-10+. The molecule has 1 heterocycles. The molecular formula is C16H21NO2. The number of carbonyl (C=O) groups excluding carboxylic acids is 1. The molecule has 0 unspecified atom stereocenters. The molecule has 1 saturated heterocycles. The number of benzene rings is 1. The number of ketones is 1. The maximum Gasteiger partial charge on any atom is 0.161 e. The monoisotopic (exact) mass is 259 g/mol. The van der Waals surface area contributed by atoms with E-state index >= 15 is 0 Å². The molecule has 0 radical (unpaired) electrons. The van der Waals surface area contributed by atoms with Gasteiger partial charge in [0, 0.05) is 25.1 Å². The highest BCUT2D eigenvalue weighted by molar-refractivity contribution is 6.00. The second-order valence-corrected chi connectivity index (χ2v) is 5.00. The Labute approximate surface area is 114 Å². The molecule has 1 aromatic carbocycles. The summed E-state index contributed by atoms with van der Waals surface area (Å²) in [5, 5.41) is 0. The van der Waals surface area contributed by atoms with Gasteiger partial charge in [0.2, 0.25) is 0 Å². The molecule has 0 spiro atoms. The van der Waals surface area contributed by atoms with Gasteiger partial charge in [-0.1, -0.05) is 19.1 Å². The quantitative estimate of drug-likeness (QED) is 0.779. The van der Waals surface area contributed by atoms with Crippen molar-refractivity contribution in [1.82, 2.24) is 4.90 Å². The van der Waals surface area contributed by atoms with E-state index in [1.54, 1.807) is 0 Å². The topological polar surface area (TPSA) is 29.5 Å². The van der Waals surface area contributed by atoms with Crippen molar-refractivity contribution in [2.24, 2.45) is 0 Å². The van der Waals surface area contributed by atoms with Crippen LogP contribution in [0.25, 0.3) is 6.08 Å². The van der Waals surface area contributed by atoms with Crippen LogP contribution in [0, 0.1) is 0 Å². The average Bonchev–Trinajstić information content (AvgIpc) is 2.41. The SMILES string of the molecule is CCCOc1cccc(/C=C2\CN(C)CCC2=O)c1. The number of carbonyl (C=O) groups is 1. The van der Waals surface area contributed by atoms with Crippen LogP contribution in [0.15, 0.2) is 29.8 Å². The zero-order valence-corrected chi connectivity index (χ0v) is 11.7. The fourth-order valence-corrected chi connectivity index (χ4v) is 2.15.